The summed E-state index contributed by atoms with van der Waals surface area (Å²) in [5.41, 5.74) is 4.93. The second-order valence-corrected chi connectivity index (χ2v) is 8.20. The predicted octanol–water partition coefficient (Wildman–Crippen LogP) is 4.41. The van der Waals surface area contributed by atoms with Gasteiger partial charge < -0.3 is 25.3 Å². The number of hydrogen-bond donors (Lipinski definition) is 3. The van der Waals surface area contributed by atoms with E-state index < -0.39 is 0 Å². The summed E-state index contributed by atoms with van der Waals surface area (Å²) < 4.78 is 5.46. The van der Waals surface area contributed by atoms with Crippen LogP contribution in [-0.2, 0) is 4.74 Å². The molecule has 2 aromatic heterocycles. The Balaban J connectivity index is 0.00000231. The lowest BCUT2D eigenvalue weighted by Gasteiger charge is -2.29. The van der Waals surface area contributed by atoms with Crippen molar-refractivity contribution in [2.45, 2.75) is 45.1 Å². The number of ether oxygens (including phenoxy) is 1. The first-order valence-electron chi connectivity index (χ1n) is 10.9. The Morgan fingerprint density at radius 1 is 1.10 bits per heavy atom. The van der Waals surface area contributed by atoms with Crippen molar-refractivity contribution < 1.29 is 4.74 Å². The first-order valence-corrected chi connectivity index (χ1v) is 10.9. The zero-order valence-electron chi connectivity index (χ0n) is 17.9. The maximum Gasteiger partial charge on any atom is 0.231 e. The first kappa shape index (κ1) is 21.6. The van der Waals surface area contributed by atoms with Crippen LogP contribution in [0.3, 0.4) is 0 Å². The third kappa shape index (κ3) is 4.85. The standard InChI is InChI=1S/C22H29N7O.ClH/c1-15-13-17(29-9-11-30-12-10-29)7-8-18(15)26-22-27-20-19(23-14-24-20)21(28-22)25-16-5-3-2-4-6-16;/h7-8,13-14,16H,2-6,9-12H2,1H3,(H3,23,24,25,26,27,28);1H. The number of benzene rings is 1. The number of hydrogen-bond acceptors (Lipinski definition) is 7. The molecule has 3 aromatic rings. The number of morpholine rings is 1. The number of aromatic nitrogens is 4. The molecule has 1 aliphatic carbocycles. The quantitative estimate of drug-likeness (QED) is 0.538. The molecule has 0 bridgehead atoms. The van der Waals surface area contributed by atoms with Gasteiger partial charge in [-0.05, 0) is 43.5 Å². The summed E-state index contributed by atoms with van der Waals surface area (Å²) in [4.78, 5) is 19.3. The van der Waals surface area contributed by atoms with E-state index in [1.807, 2.05) is 0 Å². The van der Waals surface area contributed by atoms with Gasteiger partial charge in [0.1, 0.15) is 5.52 Å². The minimum absolute atomic E-state index is 0. The number of fused-ring (bicyclic) bond motifs is 1. The van der Waals surface area contributed by atoms with Gasteiger partial charge in [0.05, 0.1) is 19.5 Å². The highest BCUT2D eigenvalue weighted by Gasteiger charge is 2.18. The SMILES string of the molecule is Cc1cc(N2CCOCC2)ccc1Nc1nc(NC2CCCCC2)c2[nH]cnc2n1.Cl. The fourth-order valence-corrected chi connectivity index (χ4v) is 4.36. The van der Waals surface area contributed by atoms with Crippen molar-refractivity contribution in [2.24, 2.45) is 0 Å². The van der Waals surface area contributed by atoms with Crippen molar-refractivity contribution in [1.82, 2.24) is 19.9 Å². The van der Waals surface area contributed by atoms with Gasteiger partial charge in [0.25, 0.3) is 0 Å². The zero-order chi connectivity index (χ0) is 20.3. The number of H-pyrrole nitrogens is 1. The van der Waals surface area contributed by atoms with Crippen LogP contribution in [0.1, 0.15) is 37.7 Å². The molecule has 1 aromatic carbocycles. The second-order valence-electron chi connectivity index (χ2n) is 8.20. The Bertz CT molecular complexity index is 1010. The van der Waals surface area contributed by atoms with Crippen LogP contribution < -0.4 is 15.5 Å². The van der Waals surface area contributed by atoms with Crippen LogP contribution in [0.2, 0.25) is 0 Å². The molecular weight excluding hydrogens is 414 g/mol. The molecule has 1 saturated heterocycles. The highest BCUT2D eigenvalue weighted by molar-refractivity contribution is 5.85. The summed E-state index contributed by atoms with van der Waals surface area (Å²) in [6, 6.07) is 6.92. The van der Waals surface area contributed by atoms with Gasteiger partial charge in [0.2, 0.25) is 5.95 Å². The summed E-state index contributed by atoms with van der Waals surface area (Å²) in [5, 5.41) is 7.02. The van der Waals surface area contributed by atoms with Gasteiger partial charge in [-0.15, -0.1) is 12.4 Å². The van der Waals surface area contributed by atoms with Gasteiger partial charge >= 0.3 is 0 Å². The van der Waals surface area contributed by atoms with E-state index in [4.69, 9.17) is 9.72 Å². The normalized spacial score (nSPS) is 17.4. The van der Waals surface area contributed by atoms with E-state index in [0.29, 0.717) is 17.6 Å². The van der Waals surface area contributed by atoms with E-state index in [0.717, 1.165) is 48.9 Å². The van der Waals surface area contributed by atoms with Crippen LogP contribution in [0.15, 0.2) is 24.5 Å². The minimum atomic E-state index is 0. The molecule has 8 nitrogen and oxygen atoms in total. The zero-order valence-corrected chi connectivity index (χ0v) is 18.7. The van der Waals surface area contributed by atoms with Crippen molar-refractivity contribution in [2.75, 3.05) is 41.8 Å². The second kappa shape index (κ2) is 9.70. The Morgan fingerprint density at radius 3 is 2.68 bits per heavy atom. The van der Waals surface area contributed by atoms with Crippen LogP contribution in [0.4, 0.5) is 23.1 Å². The van der Waals surface area contributed by atoms with Crippen molar-refractivity contribution >= 4 is 46.7 Å². The summed E-state index contributed by atoms with van der Waals surface area (Å²) in [5.74, 6) is 1.39. The molecule has 0 amide bonds. The Kier molecular flexibility index (Phi) is 6.77. The lowest BCUT2D eigenvalue weighted by atomic mass is 9.95. The third-order valence-corrected chi connectivity index (χ3v) is 6.06. The number of nitrogens with one attached hydrogen (secondary N) is 3. The van der Waals surface area contributed by atoms with Gasteiger partial charge in [-0.1, -0.05) is 19.3 Å². The molecule has 31 heavy (non-hydrogen) atoms. The van der Waals surface area contributed by atoms with E-state index >= 15 is 0 Å². The van der Waals surface area contributed by atoms with Crippen LogP contribution >= 0.6 is 12.4 Å². The molecule has 2 aliphatic rings. The lowest BCUT2D eigenvalue weighted by molar-refractivity contribution is 0.122. The van der Waals surface area contributed by atoms with Crippen LogP contribution in [0, 0.1) is 6.92 Å². The van der Waals surface area contributed by atoms with Crippen molar-refractivity contribution in [1.29, 1.82) is 0 Å². The maximum absolute atomic E-state index is 5.46. The third-order valence-electron chi connectivity index (χ3n) is 6.06. The molecule has 9 heteroatoms. The number of aryl methyl sites for hydroxylation is 1. The Hall–Kier alpha value is -2.58. The topological polar surface area (TPSA) is 91.0 Å². The van der Waals surface area contributed by atoms with Gasteiger partial charge in [-0.2, -0.15) is 9.97 Å². The summed E-state index contributed by atoms with van der Waals surface area (Å²) in [7, 11) is 0. The van der Waals surface area contributed by atoms with Crippen molar-refractivity contribution in [3.8, 4) is 0 Å². The predicted molar refractivity (Wildman–Crippen MR) is 127 cm³/mol. The highest BCUT2D eigenvalue weighted by atomic mass is 35.5. The van der Waals surface area contributed by atoms with Gasteiger partial charge in [0, 0.05) is 30.5 Å². The molecule has 0 spiro atoms. The van der Waals surface area contributed by atoms with E-state index in [1.165, 1.54) is 37.8 Å². The molecule has 0 radical (unpaired) electrons. The average Bonchev–Trinajstić information content (AvgIpc) is 3.26. The van der Waals surface area contributed by atoms with E-state index in [2.05, 4.69) is 55.6 Å². The molecule has 166 valence electrons. The molecule has 1 aliphatic heterocycles. The number of nitrogens with zero attached hydrogens (tertiary/aromatic N) is 4. The Labute approximate surface area is 188 Å². The fourth-order valence-electron chi connectivity index (χ4n) is 4.36. The van der Waals surface area contributed by atoms with Gasteiger partial charge in [-0.25, -0.2) is 4.98 Å². The average molecular weight is 444 g/mol. The summed E-state index contributed by atoms with van der Waals surface area (Å²) in [6.07, 6.45) is 7.92. The molecule has 5 rings (SSSR count). The summed E-state index contributed by atoms with van der Waals surface area (Å²) in [6.45, 7) is 5.55. The lowest BCUT2D eigenvalue weighted by Crippen LogP contribution is -2.36. The molecular formula is C22H30ClN7O. The van der Waals surface area contributed by atoms with E-state index in [1.54, 1.807) is 6.33 Å². The maximum atomic E-state index is 5.46. The van der Waals surface area contributed by atoms with E-state index in [9.17, 15) is 0 Å². The molecule has 2 fully saturated rings. The molecule has 0 unspecified atom stereocenters. The molecule has 3 heterocycles. The van der Waals surface area contributed by atoms with Crippen LogP contribution in [-0.4, -0.2) is 52.3 Å². The summed E-state index contributed by atoms with van der Waals surface area (Å²) >= 11 is 0. The monoisotopic (exact) mass is 443 g/mol. The number of rotatable bonds is 5. The van der Waals surface area contributed by atoms with Gasteiger partial charge in [0.15, 0.2) is 11.5 Å². The van der Waals surface area contributed by atoms with E-state index in [-0.39, 0.29) is 12.4 Å². The largest absolute Gasteiger partial charge is 0.378 e. The minimum Gasteiger partial charge on any atom is -0.378 e. The smallest absolute Gasteiger partial charge is 0.231 e. The van der Waals surface area contributed by atoms with Crippen LogP contribution in [0.5, 0.6) is 0 Å². The molecule has 1 saturated carbocycles. The Morgan fingerprint density at radius 2 is 1.90 bits per heavy atom. The van der Waals surface area contributed by atoms with Crippen molar-refractivity contribution in [3.05, 3.63) is 30.1 Å². The fraction of sp³-hybridized carbons (Fsp3) is 0.500. The first-order chi connectivity index (χ1) is 14.8. The molecule has 3 N–H and O–H groups in total. The number of aromatic amines is 1. The number of imidazole rings is 1. The number of halogens is 1. The van der Waals surface area contributed by atoms with Crippen molar-refractivity contribution in [3.63, 3.8) is 0 Å². The molecule has 0 atom stereocenters. The van der Waals surface area contributed by atoms with Gasteiger partial charge in [-0.3, -0.25) is 0 Å². The highest BCUT2D eigenvalue weighted by Crippen LogP contribution is 2.28. The van der Waals surface area contributed by atoms with Crippen LogP contribution in [0.25, 0.3) is 11.2 Å². The number of anilines is 4.